The summed E-state index contributed by atoms with van der Waals surface area (Å²) in [6.07, 6.45) is 1.75. The van der Waals surface area contributed by atoms with Gasteiger partial charge in [-0.25, -0.2) is 9.67 Å². The van der Waals surface area contributed by atoms with E-state index >= 15 is 0 Å². The number of ether oxygens (including phenoxy) is 1. The van der Waals surface area contributed by atoms with Crippen LogP contribution in [0.15, 0.2) is 35.1 Å². The maximum Gasteiger partial charge on any atom is 0.141 e. The first-order valence-corrected chi connectivity index (χ1v) is 11.4. The summed E-state index contributed by atoms with van der Waals surface area (Å²) < 4.78 is 8.31. The Kier molecular flexibility index (Phi) is 5.55. The van der Waals surface area contributed by atoms with Gasteiger partial charge in [0.2, 0.25) is 0 Å². The standard InChI is InChI=1S/C14H21BrN4OSi/c1-21(2,3)9-8-20-11-19-14(10-12(15)18-19)17-13-6-4-5-7-16-13/h4-7,10H,8-9,11H2,1-3H3,(H,16,17). The highest BCUT2D eigenvalue weighted by atomic mass is 79.9. The van der Waals surface area contributed by atoms with E-state index in [2.05, 4.69) is 51.0 Å². The van der Waals surface area contributed by atoms with Gasteiger partial charge in [-0.15, -0.1) is 0 Å². The zero-order valence-corrected chi connectivity index (χ0v) is 15.2. The molecule has 1 N–H and O–H groups in total. The van der Waals surface area contributed by atoms with E-state index < -0.39 is 8.07 Å². The molecule has 21 heavy (non-hydrogen) atoms. The third kappa shape index (κ3) is 5.60. The van der Waals surface area contributed by atoms with Gasteiger partial charge in [0.05, 0.1) is 0 Å². The van der Waals surface area contributed by atoms with E-state index in [0.717, 1.165) is 28.9 Å². The fourth-order valence-corrected chi connectivity index (χ4v) is 2.85. The van der Waals surface area contributed by atoms with Crippen molar-refractivity contribution in [2.24, 2.45) is 0 Å². The lowest BCUT2D eigenvalue weighted by molar-refractivity contribution is 0.0799. The summed E-state index contributed by atoms with van der Waals surface area (Å²) in [5, 5.41) is 7.61. The molecule has 2 rings (SSSR count). The Bertz CT molecular complexity index is 568. The van der Waals surface area contributed by atoms with Gasteiger partial charge in [0, 0.05) is 26.9 Å². The van der Waals surface area contributed by atoms with Crippen LogP contribution in [0.4, 0.5) is 11.6 Å². The van der Waals surface area contributed by atoms with Gasteiger partial charge in [-0.05, 0) is 34.1 Å². The number of nitrogens with one attached hydrogen (secondary N) is 1. The van der Waals surface area contributed by atoms with Crippen LogP contribution in [0.2, 0.25) is 25.7 Å². The molecule has 0 amide bonds. The van der Waals surface area contributed by atoms with Crippen LogP contribution in [-0.4, -0.2) is 29.4 Å². The Morgan fingerprint density at radius 1 is 1.33 bits per heavy atom. The normalized spacial score (nSPS) is 11.6. The third-order valence-electron chi connectivity index (χ3n) is 2.88. The Labute approximate surface area is 134 Å². The van der Waals surface area contributed by atoms with Crippen LogP contribution in [-0.2, 0) is 11.5 Å². The van der Waals surface area contributed by atoms with Crippen LogP contribution in [0.3, 0.4) is 0 Å². The molecule has 0 aromatic carbocycles. The molecule has 0 aliphatic rings. The number of anilines is 2. The molecule has 2 aromatic rings. The molecule has 2 heterocycles. The Balaban J connectivity index is 1.94. The summed E-state index contributed by atoms with van der Waals surface area (Å²) in [6.45, 7) is 8.24. The quantitative estimate of drug-likeness (QED) is 0.590. The third-order valence-corrected chi connectivity index (χ3v) is 4.97. The van der Waals surface area contributed by atoms with Crippen molar-refractivity contribution in [1.29, 1.82) is 0 Å². The lowest BCUT2D eigenvalue weighted by Gasteiger charge is -2.16. The van der Waals surface area contributed by atoms with Crippen molar-refractivity contribution in [1.82, 2.24) is 14.8 Å². The van der Waals surface area contributed by atoms with Crippen molar-refractivity contribution in [3.8, 4) is 0 Å². The maximum absolute atomic E-state index is 5.74. The summed E-state index contributed by atoms with van der Waals surface area (Å²) >= 11 is 3.40. The SMILES string of the molecule is C[Si](C)(C)CCOCn1nc(Br)cc1Nc1ccccn1. The van der Waals surface area contributed by atoms with Gasteiger partial charge in [0.1, 0.15) is 23.0 Å². The Morgan fingerprint density at radius 2 is 2.14 bits per heavy atom. The van der Waals surface area contributed by atoms with Crippen LogP contribution in [0.1, 0.15) is 0 Å². The summed E-state index contributed by atoms with van der Waals surface area (Å²) in [7, 11) is -1.05. The van der Waals surface area contributed by atoms with Gasteiger partial charge in [0.15, 0.2) is 0 Å². The second-order valence-corrected chi connectivity index (χ2v) is 12.5. The summed E-state index contributed by atoms with van der Waals surface area (Å²) in [5.74, 6) is 1.64. The maximum atomic E-state index is 5.74. The van der Waals surface area contributed by atoms with Crippen molar-refractivity contribution in [3.63, 3.8) is 0 Å². The molecule has 0 fully saturated rings. The number of nitrogens with zero attached hydrogens (tertiary/aromatic N) is 3. The van der Waals surface area contributed by atoms with E-state index in [9.17, 15) is 0 Å². The van der Waals surface area contributed by atoms with Crippen LogP contribution >= 0.6 is 15.9 Å². The predicted molar refractivity (Wildman–Crippen MR) is 91.6 cm³/mol. The highest BCUT2D eigenvalue weighted by Crippen LogP contribution is 2.19. The molecule has 7 heteroatoms. The summed E-state index contributed by atoms with van der Waals surface area (Å²) in [5.41, 5.74) is 0. The van der Waals surface area contributed by atoms with Crippen molar-refractivity contribution < 1.29 is 4.74 Å². The molecule has 0 radical (unpaired) electrons. The summed E-state index contributed by atoms with van der Waals surface area (Å²) in [4.78, 5) is 4.25. The molecular formula is C14H21BrN4OSi. The van der Waals surface area contributed by atoms with Gasteiger partial charge < -0.3 is 10.1 Å². The minimum Gasteiger partial charge on any atom is -0.359 e. The van der Waals surface area contributed by atoms with E-state index in [0.29, 0.717) is 6.73 Å². The van der Waals surface area contributed by atoms with Crippen LogP contribution < -0.4 is 5.32 Å². The van der Waals surface area contributed by atoms with Crippen LogP contribution in [0, 0.1) is 0 Å². The van der Waals surface area contributed by atoms with E-state index in [4.69, 9.17) is 4.74 Å². The highest BCUT2D eigenvalue weighted by Gasteiger charge is 2.13. The highest BCUT2D eigenvalue weighted by molar-refractivity contribution is 9.10. The van der Waals surface area contributed by atoms with Crippen molar-refractivity contribution in [2.45, 2.75) is 32.4 Å². The molecule has 0 aliphatic heterocycles. The molecule has 0 aliphatic carbocycles. The molecule has 0 saturated heterocycles. The molecule has 0 spiro atoms. The smallest absolute Gasteiger partial charge is 0.141 e. The first kappa shape index (κ1) is 16.2. The second-order valence-electron chi connectivity index (χ2n) is 6.04. The molecule has 5 nitrogen and oxygen atoms in total. The predicted octanol–water partition coefficient (Wildman–Crippen LogP) is 4.10. The van der Waals surface area contributed by atoms with Gasteiger partial charge in [-0.3, -0.25) is 0 Å². The molecule has 0 atom stereocenters. The fraction of sp³-hybridized carbons (Fsp3) is 0.429. The first-order chi connectivity index (χ1) is 9.94. The van der Waals surface area contributed by atoms with Gasteiger partial charge in [-0.1, -0.05) is 25.7 Å². The average molecular weight is 369 g/mol. The van der Waals surface area contributed by atoms with Gasteiger partial charge in [-0.2, -0.15) is 5.10 Å². The molecular weight excluding hydrogens is 348 g/mol. The fourth-order valence-electron chi connectivity index (χ4n) is 1.68. The average Bonchev–Trinajstić information content (AvgIpc) is 2.75. The van der Waals surface area contributed by atoms with Crippen molar-refractivity contribution >= 4 is 35.6 Å². The lowest BCUT2D eigenvalue weighted by atomic mass is 10.4. The zero-order valence-electron chi connectivity index (χ0n) is 12.6. The number of aromatic nitrogens is 3. The Morgan fingerprint density at radius 3 is 2.81 bits per heavy atom. The number of halogens is 1. The van der Waals surface area contributed by atoms with Gasteiger partial charge >= 0.3 is 0 Å². The molecule has 0 bridgehead atoms. The largest absolute Gasteiger partial charge is 0.359 e. The number of hydrogen-bond acceptors (Lipinski definition) is 4. The van der Waals surface area contributed by atoms with Crippen molar-refractivity contribution in [3.05, 3.63) is 35.1 Å². The van der Waals surface area contributed by atoms with Crippen LogP contribution in [0.25, 0.3) is 0 Å². The van der Waals surface area contributed by atoms with E-state index in [1.807, 2.05) is 24.3 Å². The summed E-state index contributed by atoms with van der Waals surface area (Å²) in [6, 6.07) is 8.81. The minimum absolute atomic E-state index is 0.436. The van der Waals surface area contributed by atoms with Gasteiger partial charge in [0.25, 0.3) is 0 Å². The van der Waals surface area contributed by atoms with Crippen molar-refractivity contribution in [2.75, 3.05) is 11.9 Å². The minimum atomic E-state index is -1.05. The molecule has 0 unspecified atom stereocenters. The topological polar surface area (TPSA) is 52.0 Å². The molecule has 114 valence electrons. The van der Waals surface area contributed by atoms with E-state index in [1.54, 1.807) is 10.9 Å². The Hall–Kier alpha value is -1.18. The number of rotatable bonds is 7. The zero-order chi connectivity index (χ0) is 15.3. The van der Waals surface area contributed by atoms with E-state index in [1.165, 1.54) is 0 Å². The van der Waals surface area contributed by atoms with E-state index in [-0.39, 0.29) is 0 Å². The lowest BCUT2D eigenvalue weighted by Crippen LogP contribution is -2.22. The number of pyridine rings is 1. The monoisotopic (exact) mass is 368 g/mol. The first-order valence-electron chi connectivity index (χ1n) is 6.93. The second kappa shape index (κ2) is 7.19. The number of hydrogen-bond donors (Lipinski definition) is 1. The van der Waals surface area contributed by atoms with Crippen LogP contribution in [0.5, 0.6) is 0 Å². The molecule has 2 aromatic heterocycles. The molecule has 0 saturated carbocycles.